The fourth-order valence-corrected chi connectivity index (χ4v) is 1.75. The fraction of sp³-hybridized carbons (Fsp3) is 0.636. The zero-order valence-electron chi connectivity index (χ0n) is 10.3. The molecule has 0 aliphatic carbocycles. The number of rotatable bonds is 3. The maximum Gasteiger partial charge on any atom is 0.222 e. The maximum absolute atomic E-state index is 11.6. The van der Waals surface area contributed by atoms with Gasteiger partial charge in [0, 0.05) is 30.4 Å². The van der Waals surface area contributed by atoms with Gasteiger partial charge < -0.3 is 14.9 Å². The molecule has 1 rings (SSSR count). The summed E-state index contributed by atoms with van der Waals surface area (Å²) >= 11 is 5.11. The summed E-state index contributed by atoms with van der Waals surface area (Å²) in [7, 11) is 0. The second-order valence-electron chi connectivity index (χ2n) is 4.94. The van der Waals surface area contributed by atoms with Crippen LogP contribution in [-0.2, 0) is 11.3 Å². The Balaban J connectivity index is 2.53. The Bertz CT molecular complexity index is 425. The van der Waals surface area contributed by atoms with Crippen molar-refractivity contribution in [3.8, 4) is 0 Å². The number of imidazole rings is 1. The predicted molar refractivity (Wildman–Crippen MR) is 66.9 cm³/mol. The number of H-pyrrole nitrogens is 1. The third-order valence-electron chi connectivity index (χ3n) is 2.15. The highest BCUT2D eigenvalue weighted by Gasteiger charge is 2.13. The maximum atomic E-state index is 11.6. The second-order valence-corrected chi connectivity index (χ2v) is 5.32. The molecule has 0 saturated carbocycles. The number of aromatic nitrogens is 2. The van der Waals surface area contributed by atoms with Crippen molar-refractivity contribution in [3.63, 3.8) is 0 Å². The van der Waals surface area contributed by atoms with Crippen molar-refractivity contribution in [1.82, 2.24) is 14.9 Å². The Morgan fingerprint density at radius 1 is 1.56 bits per heavy atom. The first-order chi connectivity index (χ1) is 7.29. The smallest absolute Gasteiger partial charge is 0.222 e. The van der Waals surface area contributed by atoms with Gasteiger partial charge in [-0.05, 0) is 39.9 Å². The van der Waals surface area contributed by atoms with Crippen molar-refractivity contribution in [3.05, 3.63) is 16.7 Å². The topological polar surface area (TPSA) is 49.8 Å². The van der Waals surface area contributed by atoms with Crippen LogP contribution in [-0.4, -0.2) is 21.0 Å². The molecule has 0 radical (unpaired) electrons. The molecule has 4 nitrogen and oxygen atoms in total. The molecular weight excluding hydrogens is 222 g/mol. The third-order valence-corrected chi connectivity index (χ3v) is 2.49. The number of carbonyl (C=O) groups is 1. The van der Waals surface area contributed by atoms with Crippen LogP contribution >= 0.6 is 12.2 Å². The minimum atomic E-state index is -0.175. The monoisotopic (exact) mass is 241 g/mol. The molecule has 0 spiro atoms. The zero-order chi connectivity index (χ0) is 12.3. The van der Waals surface area contributed by atoms with E-state index in [0.717, 1.165) is 5.69 Å². The summed E-state index contributed by atoms with van der Waals surface area (Å²) in [4.78, 5) is 14.6. The van der Waals surface area contributed by atoms with Crippen LogP contribution in [0.1, 0.15) is 32.9 Å². The molecule has 0 bridgehead atoms. The lowest BCUT2D eigenvalue weighted by molar-refractivity contribution is -0.122. The van der Waals surface area contributed by atoms with Crippen LogP contribution in [0.3, 0.4) is 0 Å². The number of aromatic amines is 1. The van der Waals surface area contributed by atoms with Crippen LogP contribution in [0.2, 0.25) is 0 Å². The first-order valence-electron chi connectivity index (χ1n) is 5.35. The summed E-state index contributed by atoms with van der Waals surface area (Å²) in [5, 5.41) is 2.92. The first-order valence-corrected chi connectivity index (χ1v) is 5.76. The average molecular weight is 241 g/mol. The van der Waals surface area contributed by atoms with Crippen LogP contribution in [0.15, 0.2) is 6.20 Å². The van der Waals surface area contributed by atoms with Gasteiger partial charge in [-0.3, -0.25) is 4.79 Å². The Hall–Kier alpha value is -1.10. The van der Waals surface area contributed by atoms with Gasteiger partial charge in [0.2, 0.25) is 5.91 Å². The molecule has 1 aromatic heterocycles. The van der Waals surface area contributed by atoms with E-state index in [0.29, 0.717) is 17.7 Å². The van der Waals surface area contributed by atoms with E-state index in [1.807, 2.05) is 38.5 Å². The summed E-state index contributed by atoms with van der Waals surface area (Å²) in [5.41, 5.74) is 0.875. The Kier molecular flexibility index (Phi) is 3.91. The third kappa shape index (κ3) is 3.81. The quantitative estimate of drug-likeness (QED) is 0.797. The lowest BCUT2D eigenvalue weighted by Crippen LogP contribution is -2.40. The van der Waals surface area contributed by atoms with Gasteiger partial charge in [0.25, 0.3) is 0 Å². The van der Waals surface area contributed by atoms with Gasteiger partial charge in [0.1, 0.15) is 0 Å². The molecular formula is C11H19N3OS. The highest BCUT2D eigenvalue weighted by Crippen LogP contribution is 2.03. The Morgan fingerprint density at radius 3 is 2.62 bits per heavy atom. The lowest BCUT2D eigenvalue weighted by Gasteiger charge is -2.20. The highest BCUT2D eigenvalue weighted by atomic mass is 32.1. The number of aryl methyl sites for hydroxylation is 1. The lowest BCUT2D eigenvalue weighted by atomic mass is 10.1. The summed E-state index contributed by atoms with van der Waals surface area (Å²) in [6.07, 6.45) is 2.30. The molecule has 1 aromatic rings. The van der Waals surface area contributed by atoms with Crippen LogP contribution in [0, 0.1) is 11.7 Å². The van der Waals surface area contributed by atoms with Gasteiger partial charge in [-0.2, -0.15) is 0 Å². The molecule has 0 aromatic carbocycles. The van der Waals surface area contributed by atoms with Crippen molar-refractivity contribution in [2.75, 3.05) is 0 Å². The predicted octanol–water partition coefficient (Wildman–Crippen LogP) is 2.16. The molecule has 0 aliphatic heterocycles. The van der Waals surface area contributed by atoms with E-state index in [1.54, 1.807) is 0 Å². The zero-order valence-corrected chi connectivity index (χ0v) is 11.1. The van der Waals surface area contributed by atoms with Crippen molar-refractivity contribution in [2.24, 2.45) is 0 Å². The van der Waals surface area contributed by atoms with E-state index in [2.05, 4.69) is 10.3 Å². The summed E-state index contributed by atoms with van der Waals surface area (Å²) in [6.45, 7) is 8.50. The van der Waals surface area contributed by atoms with Gasteiger partial charge >= 0.3 is 0 Å². The molecule has 2 N–H and O–H groups in total. The van der Waals surface area contributed by atoms with E-state index in [1.165, 1.54) is 0 Å². The molecule has 0 aliphatic rings. The SMILES string of the molecule is Cc1c[nH]c(=S)n1CCC(=O)NC(C)(C)C. The molecule has 1 heterocycles. The van der Waals surface area contributed by atoms with Gasteiger partial charge in [-0.25, -0.2) is 0 Å². The summed E-state index contributed by atoms with van der Waals surface area (Å²) in [6, 6.07) is 0. The number of carbonyl (C=O) groups excluding carboxylic acids is 1. The molecule has 0 saturated heterocycles. The Labute approximate surface area is 101 Å². The van der Waals surface area contributed by atoms with Gasteiger partial charge in [-0.15, -0.1) is 0 Å². The molecule has 1 amide bonds. The van der Waals surface area contributed by atoms with Crippen molar-refractivity contribution in [1.29, 1.82) is 0 Å². The van der Waals surface area contributed by atoms with E-state index in [4.69, 9.17) is 12.2 Å². The van der Waals surface area contributed by atoms with Crippen LogP contribution in [0.5, 0.6) is 0 Å². The molecule has 16 heavy (non-hydrogen) atoms. The number of nitrogens with zero attached hydrogens (tertiary/aromatic N) is 1. The highest BCUT2D eigenvalue weighted by molar-refractivity contribution is 7.71. The van der Waals surface area contributed by atoms with E-state index >= 15 is 0 Å². The van der Waals surface area contributed by atoms with Crippen molar-refractivity contribution >= 4 is 18.1 Å². The number of nitrogens with one attached hydrogen (secondary N) is 2. The van der Waals surface area contributed by atoms with E-state index in [-0.39, 0.29) is 11.4 Å². The van der Waals surface area contributed by atoms with Gasteiger partial charge in [0.05, 0.1) is 0 Å². The minimum Gasteiger partial charge on any atom is -0.351 e. The van der Waals surface area contributed by atoms with E-state index in [9.17, 15) is 4.79 Å². The largest absolute Gasteiger partial charge is 0.351 e. The molecule has 0 atom stereocenters. The van der Waals surface area contributed by atoms with E-state index < -0.39 is 0 Å². The van der Waals surface area contributed by atoms with Crippen molar-refractivity contribution < 1.29 is 4.79 Å². The Morgan fingerprint density at radius 2 is 2.19 bits per heavy atom. The normalized spacial score (nSPS) is 11.5. The number of amides is 1. The van der Waals surface area contributed by atoms with Crippen LogP contribution in [0.4, 0.5) is 0 Å². The number of hydrogen-bond acceptors (Lipinski definition) is 2. The van der Waals surface area contributed by atoms with Gasteiger partial charge in [0.15, 0.2) is 4.77 Å². The molecule has 0 fully saturated rings. The van der Waals surface area contributed by atoms with Crippen LogP contribution < -0.4 is 5.32 Å². The van der Waals surface area contributed by atoms with Gasteiger partial charge in [-0.1, -0.05) is 0 Å². The minimum absolute atomic E-state index is 0.0509. The average Bonchev–Trinajstić information content (AvgIpc) is 2.41. The second kappa shape index (κ2) is 4.82. The van der Waals surface area contributed by atoms with Crippen LogP contribution in [0.25, 0.3) is 0 Å². The number of hydrogen-bond donors (Lipinski definition) is 2. The fourth-order valence-electron chi connectivity index (χ4n) is 1.45. The standard InChI is InChI=1S/C11H19N3OS/c1-8-7-12-10(16)14(8)6-5-9(15)13-11(2,3)4/h7H,5-6H2,1-4H3,(H,12,16)(H,13,15). The summed E-state index contributed by atoms with van der Waals surface area (Å²) in [5.74, 6) is 0.0509. The molecule has 5 heteroatoms. The van der Waals surface area contributed by atoms with Crippen molar-refractivity contribution in [2.45, 2.75) is 46.2 Å². The summed E-state index contributed by atoms with van der Waals surface area (Å²) < 4.78 is 2.60. The molecule has 90 valence electrons. The first kappa shape index (κ1) is 13.0. The molecule has 0 unspecified atom stereocenters.